The monoisotopic (exact) mass is 253 g/mol. The Labute approximate surface area is 114 Å². The Balaban J connectivity index is 1.90. The SMILES string of the molecule is Cc1cccnc1CN1CCCc2cc(N)ccc21. The Morgan fingerprint density at radius 2 is 2.21 bits per heavy atom. The summed E-state index contributed by atoms with van der Waals surface area (Å²) in [6.45, 7) is 4.09. The average molecular weight is 253 g/mol. The van der Waals surface area contributed by atoms with Gasteiger partial charge in [0, 0.05) is 24.1 Å². The van der Waals surface area contributed by atoms with E-state index in [0.717, 1.165) is 30.9 Å². The molecule has 2 N–H and O–H groups in total. The van der Waals surface area contributed by atoms with Gasteiger partial charge in [-0.05, 0) is 55.2 Å². The van der Waals surface area contributed by atoms with Gasteiger partial charge in [-0.2, -0.15) is 0 Å². The van der Waals surface area contributed by atoms with Gasteiger partial charge in [0.2, 0.25) is 0 Å². The summed E-state index contributed by atoms with van der Waals surface area (Å²) in [6.07, 6.45) is 4.18. The van der Waals surface area contributed by atoms with Crippen molar-refractivity contribution < 1.29 is 0 Å². The molecule has 0 radical (unpaired) electrons. The van der Waals surface area contributed by atoms with Crippen molar-refractivity contribution in [2.45, 2.75) is 26.3 Å². The largest absolute Gasteiger partial charge is 0.399 e. The summed E-state index contributed by atoms with van der Waals surface area (Å²) in [4.78, 5) is 6.91. The first-order valence-electron chi connectivity index (χ1n) is 6.78. The fourth-order valence-electron chi connectivity index (χ4n) is 2.72. The van der Waals surface area contributed by atoms with Crippen LogP contribution < -0.4 is 10.6 Å². The standard InChI is InChI=1S/C16H19N3/c1-12-4-2-8-18-15(12)11-19-9-3-5-13-10-14(17)6-7-16(13)19/h2,4,6-8,10H,3,5,9,11,17H2,1H3. The summed E-state index contributed by atoms with van der Waals surface area (Å²) in [5.41, 5.74) is 11.8. The van der Waals surface area contributed by atoms with E-state index in [2.05, 4.69) is 35.0 Å². The van der Waals surface area contributed by atoms with Gasteiger partial charge in [-0.25, -0.2) is 0 Å². The number of rotatable bonds is 2. The van der Waals surface area contributed by atoms with Crippen LogP contribution in [0.25, 0.3) is 0 Å². The molecule has 1 aliphatic heterocycles. The number of hydrogen-bond donors (Lipinski definition) is 1. The molecule has 2 aromatic rings. The molecule has 1 aromatic carbocycles. The first-order chi connectivity index (χ1) is 9.24. The van der Waals surface area contributed by atoms with E-state index < -0.39 is 0 Å². The first kappa shape index (κ1) is 12.0. The summed E-state index contributed by atoms with van der Waals surface area (Å²) in [7, 11) is 0. The summed E-state index contributed by atoms with van der Waals surface area (Å²) in [5, 5.41) is 0. The highest BCUT2D eigenvalue weighted by molar-refractivity contribution is 5.61. The Hall–Kier alpha value is -2.03. The van der Waals surface area contributed by atoms with E-state index in [4.69, 9.17) is 5.73 Å². The maximum absolute atomic E-state index is 5.87. The van der Waals surface area contributed by atoms with Crippen LogP contribution in [0.5, 0.6) is 0 Å². The summed E-state index contributed by atoms with van der Waals surface area (Å²) >= 11 is 0. The van der Waals surface area contributed by atoms with Crippen molar-refractivity contribution >= 4 is 11.4 Å². The smallest absolute Gasteiger partial charge is 0.0626 e. The number of pyridine rings is 1. The van der Waals surface area contributed by atoms with Crippen LogP contribution in [0.15, 0.2) is 36.5 Å². The number of hydrogen-bond acceptors (Lipinski definition) is 3. The Bertz CT molecular complexity index is 592. The molecule has 0 amide bonds. The zero-order valence-electron chi connectivity index (χ0n) is 11.3. The molecule has 0 fully saturated rings. The topological polar surface area (TPSA) is 42.2 Å². The van der Waals surface area contributed by atoms with Gasteiger partial charge in [-0.1, -0.05) is 6.07 Å². The third kappa shape index (κ3) is 2.41. The lowest BCUT2D eigenvalue weighted by molar-refractivity contribution is 0.682. The molecule has 3 heteroatoms. The van der Waals surface area contributed by atoms with Crippen LogP contribution in [0.2, 0.25) is 0 Å². The van der Waals surface area contributed by atoms with Crippen molar-refractivity contribution in [3.63, 3.8) is 0 Å². The lowest BCUT2D eigenvalue weighted by Gasteiger charge is -2.31. The highest BCUT2D eigenvalue weighted by Crippen LogP contribution is 2.30. The molecule has 19 heavy (non-hydrogen) atoms. The molecule has 1 aliphatic rings. The molecule has 0 spiro atoms. The molecular formula is C16H19N3. The number of fused-ring (bicyclic) bond motifs is 1. The van der Waals surface area contributed by atoms with Gasteiger partial charge in [0.15, 0.2) is 0 Å². The molecule has 0 atom stereocenters. The molecule has 0 saturated heterocycles. The minimum Gasteiger partial charge on any atom is -0.399 e. The second-order valence-corrected chi connectivity index (χ2v) is 5.18. The number of benzene rings is 1. The molecule has 2 heterocycles. The number of nitrogens with two attached hydrogens (primary N) is 1. The van der Waals surface area contributed by atoms with Gasteiger partial charge in [-0.15, -0.1) is 0 Å². The van der Waals surface area contributed by atoms with Crippen LogP contribution in [-0.2, 0) is 13.0 Å². The van der Waals surface area contributed by atoms with E-state index in [0.29, 0.717) is 0 Å². The fraction of sp³-hybridized carbons (Fsp3) is 0.312. The van der Waals surface area contributed by atoms with Crippen molar-refractivity contribution in [2.24, 2.45) is 0 Å². The second kappa shape index (κ2) is 4.92. The molecule has 3 nitrogen and oxygen atoms in total. The molecule has 0 aliphatic carbocycles. The third-order valence-corrected chi connectivity index (χ3v) is 3.78. The van der Waals surface area contributed by atoms with E-state index in [1.165, 1.54) is 23.2 Å². The molecule has 0 saturated carbocycles. The maximum Gasteiger partial charge on any atom is 0.0626 e. The Kier molecular flexibility index (Phi) is 3.11. The predicted octanol–water partition coefficient (Wildman–Crippen LogP) is 2.93. The van der Waals surface area contributed by atoms with Crippen LogP contribution in [0.3, 0.4) is 0 Å². The van der Waals surface area contributed by atoms with E-state index in [1.807, 2.05) is 18.3 Å². The van der Waals surface area contributed by atoms with Crippen molar-refractivity contribution in [1.29, 1.82) is 0 Å². The Morgan fingerprint density at radius 1 is 1.32 bits per heavy atom. The first-order valence-corrected chi connectivity index (χ1v) is 6.78. The number of nitrogens with zero attached hydrogens (tertiary/aromatic N) is 2. The van der Waals surface area contributed by atoms with Gasteiger partial charge in [0.25, 0.3) is 0 Å². The second-order valence-electron chi connectivity index (χ2n) is 5.18. The number of aryl methyl sites for hydroxylation is 2. The van der Waals surface area contributed by atoms with Gasteiger partial charge < -0.3 is 10.6 Å². The fourth-order valence-corrected chi connectivity index (χ4v) is 2.72. The van der Waals surface area contributed by atoms with Crippen LogP contribution in [0.4, 0.5) is 11.4 Å². The summed E-state index contributed by atoms with van der Waals surface area (Å²) in [6, 6.07) is 10.3. The van der Waals surface area contributed by atoms with Gasteiger partial charge >= 0.3 is 0 Å². The normalized spacial score (nSPS) is 14.3. The number of aromatic nitrogens is 1. The van der Waals surface area contributed by atoms with Crippen molar-refractivity contribution in [3.05, 3.63) is 53.3 Å². The van der Waals surface area contributed by atoms with Crippen molar-refractivity contribution in [3.8, 4) is 0 Å². The lowest BCUT2D eigenvalue weighted by Crippen LogP contribution is -2.29. The van der Waals surface area contributed by atoms with E-state index in [1.54, 1.807) is 0 Å². The van der Waals surface area contributed by atoms with Crippen molar-refractivity contribution in [1.82, 2.24) is 4.98 Å². The molecular weight excluding hydrogens is 234 g/mol. The molecule has 98 valence electrons. The van der Waals surface area contributed by atoms with Crippen LogP contribution in [-0.4, -0.2) is 11.5 Å². The highest BCUT2D eigenvalue weighted by atomic mass is 15.1. The summed E-state index contributed by atoms with van der Waals surface area (Å²) in [5.74, 6) is 0. The van der Waals surface area contributed by atoms with Gasteiger partial charge in [-0.3, -0.25) is 4.98 Å². The zero-order chi connectivity index (χ0) is 13.2. The average Bonchev–Trinajstić information content (AvgIpc) is 2.41. The van der Waals surface area contributed by atoms with Gasteiger partial charge in [0.1, 0.15) is 0 Å². The van der Waals surface area contributed by atoms with E-state index >= 15 is 0 Å². The molecule has 0 unspecified atom stereocenters. The highest BCUT2D eigenvalue weighted by Gasteiger charge is 2.17. The minimum atomic E-state index is 0.856. The van der Waals surface area contributed by atoms with E-state index in [9.17, 15) is 0 Å². The maximum atomic E-state index is 5.87. The molecule has 0 bridgehead atoms. The van der Waals surface area contributed by atoms with Crippen LogP contribution in [0.1, 0.15) is 23.2 Å². The molecule has 3 rings (SSSR count). The minimum absolute atomic E-state index is 0.856. The quantitative estimate of drug-likeness (QED) is 0.837. The van der Waals surface area contributed by atoms with Gasteiger partial charge in [0.05, 0.1) is 12.2 Å². The molecule has 1 aromatic heterocycles. The van der Waals surface area contributed by atoms with E-state index in [-0.39, 0.29) is 0 Å². The lowest BCUT2D eigenvalue weighted by atomic mass is 10.0. The van der Waals surface area contributed by atoms with Crippen LogP contribution >= 0.6 is 0 Å². The zero-order valence-corrected chi connectivity index (χ0v) is 11.3. The Morgan fingerprint density at radius 3 is 3.05 bits per heavy atom. The number of anilines is 2. The van der Waals surface area contributed by atoms with Crippen molar-refractivity contribution in [2.75, 3.05) is 17.2 Å². The van der Waals surface area contributed by atoms with Crippen LogP contribution in [0, 0.1) is 6.92 Å². The summed E-state index contributed by atoms with van der Waals surface area (Å²) < 4.78 is 0. The third-order valence-electron chi connectivity index (χ3n) is 3.78. The predicted molar refractivity (Wildman–Crippen MR) is 79.2 cm³/mol. The number of nitrogen functional groups attached to an aromatic ring is 1.